The number of carbonyl (C=O) groups excluding carboxylic acids is 1. The molecule has 134 valence electrons. The molecule has 7 heteroatoms. The molecular formula is C18H19F2NO4. The predicted octanol–water partition coefficient (Wildman–Crippen LogP) is 2.96. The third kappa shape index (κ3) is 4.37. The molecule has 25 heavy (non-hydrogen) atoms. The van der Waals surface area contributed by atoms with Gasteiger partial charge < -0.3 is 19.5 Å². The van der Waals surface area contributed by atoms with Crippen LogP contribution in [-0.2, 0) is 6.42 Å². The summed E-state index contributed by atoms with van der Waals surface area (Å²) in [6, 6.07) is 6.58. The van der Waals surface area contributed by atoms with Gasteiger partial charge in [-0.2, -0.15) is 0 Å². The molecular weight excluding hydrogens is 332 g/mol. The van der Waals surface area contributed by atoms with E-state index in [0.717, 1.165) is 17.7 Å². The van der Waals surface area contributed by atoms with Crippen molar-refractivity contribution in [2.45, 2.75) is 6.42 Å². The Morgan fingerprint density at radius 1 is 0.960 bits per heavy atom. The highest BCUT2D eigenvalue weighted by atomic mass is 19.2. The molecule has 0 saturated carbocycles. The maximum Gasteiger partial charge on any atom is 0.251 e. The van der Waals surface area contributed by atoms with Crippen LogP contribution in [0.25, 0.3) is 0 Å². The van der Waals surface area contributed by atoms with Crippen molar-refractivity contribution in [2.75, 3.05) is 27.9 Å². The smallest absolute Gasteiger partial charge is 0.251 e. The molecule has 0 unspecified atom stereocenters. The summed E-state index contributed by atoms with van der Waals surface area (Å²) in [5.74, 6) is -1.01. The SMILES string of the molecule is COc1cc(CCNC(=O)c2ccc(F)c(F)c2)cc(OC)c1OC. The Labute approximate surface area is 144 Å². The van der Waals surface area contributed by atoms with E-state index >= 15 is 0 Å². The predicted molar refractivity (Wildman–Crippen MR) is 88.5 cm³/mol. The van der Waals surface area contributed by atoms with Gasteiger partial charge in [-0.25, -0.2) is 8.78 Å². The van der Waals surface area contributed by atoms with Gasteiger partial charge in [0.25, 0.3) is 5.91 Å². The van der Waals surface area contributed by atoms with Crippen LogP contribution in [-0.4, -0.2) is 33.8 Å². The molecule has 1 amide bonds. The fraction of sp³-hybridized carbons (Fsp3) is 0.278. The topological polar surface area (TPSA) is 56.8 Å². The van der Waals surface area contributed by atoms with Crippen molar-refractivity contribution in [1.82, 2.24) is 5.32 Å². The highest BCUT2D eigenvalue weighted by molar-refractivity contribution is 5.94. The van der Waals surface area contributed by atoms with E-state index in [1.54, 1.807) is 12.1 Å². The van der Waals surface area contributed by atoms with E-state index in [1.165, 1.54) is 27.4 Å². The molecule has 0 aliphatic carbocycles. The minimum absolute atomic E-state index is 0.0591. The van der Waals surface area contributed by atoms with Crippen molar-refractivity contribution in [3.63, 3.8) is 0 Å². The van der Waals surface area contributed by atoms with Crippen LogP contribution in [0.3, 0.4) is 0 Å². The van der Waals surface area contributed by atoms with Crippen LogP contribution < -0.4 is 19.5 Å². The first-order chi connectivity index (χ1) is 12.0. The number of hydrogen-bond acceptors (Lipinski definition) is 4. The number of methoxy groups -OCH3 is 3. The maximum atomic E-state index is 13.2. The summed E-state index contributed by atoms with van der Waals surface area (Å²) in [7, 11) is 4.56. The van der Waals surface area contributed by atoms with Gasteiger partial charge in [-0.05, 0) is 42.3 Å². The molecule has 2 rings (SSSR count). The molecule has 0 bridgehead atoms. The first-order valence-electron chi connectivity index (χ1n) is 7.52. The number of nitrogens with one attached hydrogen (secondary N) is 1. The lowest BCUT2D eigenvalue weighted by Gasteiger charge is -2.14. The van der Waals surface area contributed by atoms with Crippen LogP contribution in [0.4, 0.5) is 8.78 Å². The Morgan fingerprint density at radius 3 is 2.12 bits per heavy atom. The van der Waals surface area contributed by atoms with Crippen LogP contribution >= 0.6 is 0 Å². The van der Waals surface area contributed by atoms with Crippen LogP contribution in [0.15, 0.2) is 30.3 Å². The molecule has 1 N–H and O–H groups in total. The second-order valence-electron chi connectivity index (χ2n) is 5.17. The molecule has 0 aliphatic rings. The average molecular weight is 351 g/mol. The molecule has 0 aromatic heterocycles. The van der Waals surface area contributed by atoms with Crippen LogP contribution in [0.1, 0.15) is 15.9 Å². The van der Waals surface area contributed by atoms with E-state index in [2.05, 4.69) is 5.32 Å². The Hall–Kier alpha value is -2.83. The summed E-state index contributed by atoms with van der Waals surface area (Å²) >= 11 is 0. The monoisotopic (exact) mass is 351 g/mol. The summed E-state index contributed by atoms with van der Waals surface area (Å²) in [6.45, 7) is 0.302. The zero-order chi connectivity index (χ0) is 18.4. The Balaban J connectivity index is 2.03. The lowest BCUT2D eigenvalue weighted by Crippen LogP contribution is -2.25. The molecule has 0 aliphatic heterocycles. The zero-order valence-electron chi connectivity index (χ0n) is 14.2. The van der Waals surface area contributed by atoms with E-state index in [0.29, 0.717) is 30.2 Å². The van der Waals surface area contributed by atoms with Crippen molar-refractivity contribution in [3.8, 4) is 17.2 Å². The zero-order valence-corrected chi connectivity index (χ0v) is 14.2. The second-order valence-corrected chi connectivity index (χ2v) is 5.17. The van der Waals surface area contributed by atoms with Gasteiger partial charge in [-0.15, -0.1) is 0 Å². The lowest BCUT2D eigenvalue weighted by molar-refractivity contribution is 0.0953. The number of halogens is 2. The van der Waals surface area contributed by atoms with E-state index in [4.69, 9.17) is 14.2 Å². The summed E-state index contributed by atoms with van der Waals surface area (Å²) < 4.78 is 41.9. The fourth-order valence-electron chi connectivity index (χ4n) is 2.34. The molecule has 0 fully saturated rings. The Bertz CT molecular complexity index is 740. The van der Waals surface area contributed by atoms with Crippen LogP contribution in [0.5, 0.6) is 17.2 Å². The fourth-order valence-corrected chi connectivity index (χ4v) is 2.34. The number of ether oxygens (including phenoxy) is 3. The molecule has 2 aromatic carbocycles. The first kappa shape index (κ1) is 18.5. The van der Waals surface area contributed by atoms with Gasteiger partial charge in [0.1, 0.15) is 0 Å². The molecule has 2 aromatic rings. The van der Waals surface area contributed by atoms with Crippen molar-refractivity contribution in [1.29, 1.82) is 0 Å². The van der Waals surface area contributed by atoms with Gasteiger partial charge in [-0.3, -0.25) is 4.79 Å². The number of rotatable bonds is 7. The van der Waals surface area contributed by atoms with Crippen molar-refractivity contribution < 1.29 is 27.8 Å². The van der Waals surface area contributed by atoms with Gasteiger partial charge in [-0.1, -0.05) is 0 Å². The van der Waals surface area contributed by atoms with Gasteiger partial charge in [0, 0.05) is 12.1 Å². The third-order valence-electron chi connectivity index (χ3n) is 3.61. The molecule has 0 atom stereocenters. The summed E-state index contributed by atoms with van der Waals surface area (Å²) in [5.41, 5.74) is 0.920. The molecule has 5 nitrogen and oxygen atoms in total. The molecule has 0 radical (unpaired) electrons. The maximum absolute atomic E-state index is 13.2. The minimum atomic E-state index is -1.06. The van der Waals surface area contributed by atoms with Gasteiger partial charge in [0.2, 0.25) is 5.75 Å². The highest BCUT2D eigenvalue weighted by Gasteiger charge is 2.14. The number of hydrogen-bond donors (Lipinski definition) is 1. The average Bonchev–Trinajstić information content (AvgIpc) is 2.62. The van der Waals surface area contributed by atoms with E-state index in [1.807, 2.05) is 0 Å². The van der Waals surface area contributed by atoms with E-state index < -0.39 is 17.5 Å². The minimum Gasteiger partial charge on any atom is -0.493 e. The Morgan fingerprint density at radius 2 is 1.60 bits per heavy atom. The summed E-state index contributed by atoms with van der Waals surface area (Å²) in [4.78, 5) is 12.0. The molecule has 0 saturated heterocycles. The van der Waals surface area contributed by atoms with Crippen LogP contribution in [0, 0.1) is 11.6 Å². The number of amides is 1. The first-order valence-corrected chi connectivity index (χ1v) is 7.52. The van der Waals surface area contributed by atoms with E-state index in [-0.39, 0.29) is 5.56 Å². The molecule has 0 heterocycles. The number of benzene rings is 2. The van der Waals surface area contributed by atoms with Crippen LogP contribution in [0.2, 0.25) is 0 Å². The highest BCUT2D eigenvalue weighted by Crippen LogP contribution is 2.38. The third-order valence-corrected chi connectivity index (χ3v) is 3.61. The standard InChI is InChI=1S/C18H19F2NO4/c1-23-15-8-11(9-16(24-2)17(15)25-3)6-7-21-18(22)12-4-5-13(19)14(20)10-12/h4-5,8-10H,6-7H2,1-3H3,(H,21,22). The summed E-state index contributed by atoms with van der Waals surface area (Å²) in [6.07, 6.45) is 0.492. The quantitative estimate of drug-likeness (QED) is 0.833. The van der Waals surface area contributed by atoms with Crippen molar-refractivity contribution in [2.24, 2.45) is 0 Å². The largest absolute Gasteiger partial charge is 0.493 e. The lowest BCUT2D eigenvalue weighted by atomic mass is 10.1. The number of carbonyl (C=O) groups is 1. The van der Waals surface area contributed by atoms with Crippen molar-refractivity contribution in [3.05, 3.63) is 53.1 Å². The van der Waals surface area contributed by atoms with Gasteiger partial charge in [0.05, 0.1) is 21.3 Å². The Kier molecular flexibility index (Phi) is 6.16. The summed E-state index contributed by atoms with van der Waals surface area (Å²) in [5, 5.41) is 2.66. The molecule has 0 spiro atoms. The van der Waals surface area contributed by atoms with E-state index in [9.17, 15) is 13.6 Å². The normalized spacial score (nSPS) is 10.3. The van der Waals surface area contributed by atoms with Gasteiger partial charge >= 0.3 is 0 Å². The second kappa shape index (κ2) is 8.32. The van der Waals surface area contributed by atoms with Crippen molar-refractivity contribution >= 4 is 5.91 Å². The van der Waals surface area contributed by atoms with Gasteiger partial charge in [0.15, 0.2) is 23.1 Å².